The van der Waals surface area contributed by atoms with Gasteiger partial charge in [-0.3, -0.25) is 20.8 Å². The van der Waals surface area contributed by atoms with E-state index in [9.17, 15) is 14.9 Å². The van der Waals surface area contributed by atoms with Crippen LogP contribution in [0.2, 0.25) is 0 Å². The molecule has 0 atom stereocenters. The van der Waals surface area contributed by atoms with Gasteiger partial charge in [0.05, 0.1) is 16.2 Å². The summed E-state index contributed by atoms with van der Waals surface area (Å²) in [6.45, 7) is 3.09. The maximum absolute atomic E-state index is 12.4. The third-order valence-electron chi connectivity index (χ3n) is 3.63. The Bertz CT molecular complexity index is 555. The van der Waals surface area contributed by atoms with Crippen LogP contribution in [-0.4, -0.2) is 29.6 Å². The van der Waals surface area contributed by atoms with Crippen molar-refractivity contribution in [3.05, 3.63) is 33.9 Å². The zero-order valence-corrected chi connectivity index (χ0v) is 11.7. The van der Waals surface area contributed by atoms with Gasteiger partial charge in [0.15, 0.2) is 0 Å². The van der Waals surface area contributed by atoms with Crippen LogP contribution in [-0.2, 0) is 4.74 Å². The molecular weight excluding hydrogens is 276 g/mol. The van der Waals surface area contributed by atoms with E-state index >= 15 is 0 Å². The van der Waals surface area contributed by atoms with Crippen molar-refractivity contribution < 1.29 is 14.5 Å². The number of nitrogens with one attached hydrogen (secondary N) is 2. The average molecular weight is 294 g/mol. The fourth-order valence-electron chi connectivity index (χ4n) is 2.25. The molecule has 8 nitrogen and oxygen atoms in total. The lowest BCUT2D eigenvalue weighted by Crippen LogP contribution is -2.49. The standard InChI is InChI=1S/C13H18N4O4/c1-13(4-6-21-7-5-13)15-12(18)10-8-9(17(19)20)2-3-11(10)16-14/h2-3,8,16H,4-7,14H2,1H3,(H,15,18). The first-order valence-electron chi connectivity index (χ1n) is 6.60. The highest BCUT2D eigenvalue weighted by Gasteiger charge is 2.30. The zero-order chi connectivity index (χ0) is 15.5. The number of non-ortho nitro benzene ring substituents is 1. The summed E-state index contributed by atoms with van der Waals surface area (Å²) in [7, 11) is 0. The molecule has 1 aliphatic rings. The molecule has 0 saturated carbocycles. The molecule has 0 aromatic heterocycles. The number of nitro benzene ring substituents is 1. The number of nitrogen functional groups attached to an aromatic ring is 1. The zero-order valence-electron chi connectivity index (χ0n) is 11.7. The van der Waals surface area contributed by atoms with Gasteiger partial charge < -0.3 is 15.5 Å². The predicted molar refractivity (Wildman–Crippen MR) is 76.8 cm³/mol. The normalized spacial score (nSPS) is 17.0. The lowest BCUT2D eigenvalue weighted by Gasteiger charge is -2.34. The molecule has 0 unspecified atom stereocenters. The number of anilines is 1. The molecule has 114 valence electrons. The second-order valence-corrected chi connectivity index (χ2v) is 5.26. The van der Waals surface area contributed by atoms with Gasteiger partial charge >= 0.3 is 0 Å². The summed E-state index contributed by atoms with van der Waals surface area (Å²) < 4.78 is 5.27. The number of hydrogen-bond donors (Lipinski definition) is 3. The summed E-state index contributed by atoms with van der Waals surface area (Å²) in [5.74, 6) is 4.97. The van der Waals surface area contributed by atoms with Crippen LogP contribution in [0.5, 0.6) is 0 Å². The number of benzene rings is 1. The van der Waals surface area contributed by atoms with Gasteiger partial charge in [0.1, 0.15) is 0 Å². The van der Waals surface area contributed by atoms with Crippen LogP contribution >= 0.6 is 0 Å². The number of ether oxygens (including phenoxy) is 1. The van der Waals surface area contributed by atoms with Crippen molar-refractivity contribution in [3.8, 4) is 0 Å². The van der Waals surface area contributed by atoms with E-state index < -0.39 is 10.8 Å². The van der Waals surface area contributed by atoms with Gasteiger partial charge in [-0.2, -0.15) is 0 Å². The Morgan fingerprint density at radius 1 is 1.43 bits per heavy atom. The molecule has 1 saturated heterocycles. The number of nitrogens with two attached hydrogens (primary N) is 1. The monoisotopic (exact) mass is 294 g/mol. The van der Waals surface area contributed by atoms with E-state index in [1.807, 2.05) is 6.92 Å². The topological polar surface area (TPSA) is 120 Å². The van der Waals surface area contributed by atoms with Crippen molar-refractivity contribution in [1.82, 2.24) is 5.32 Å². The van der Waals surface area contributed by atoms with Crippen molar-refractivity contribution in [1.29, 1.82) is 0 Å². The van der Waals surface area contributed by atoms with Gasteiger partial charge in [-0.05, 0) is 25.8 Å². The molecule has 21 heavy (non-hydrogen) atoms. The molecule has 1 fully saturated rings. The van der Waals surface area contributed by atoms with E-state index in [1.165, 1.54) is 18.2 Å². The molecule has 0 bridgehead atoms. The Labute approximate surface area is 121 Å². The summed E-state index contributed by atoms with van der Waals surface area (Å²) >= 11 is 0. The van der Waals surface area contributed by atoms with Crippen molar-refractivity contribution in [2.24, 2.45) is 5.84 Å². The van der Waals surface area contributed by atoms with Crippen molar-refractivity contribution in [2.75, 3.05) is 18.6 Å². The number of nitro groups is 1. The van der Waals surface area contributed by atoms with Gasteiger partial charge in [-0.25, -0.2) is 0 Å². The summed E-state index contributed by atoms with van der Waals surface area (Å²) in [5, 5.41) is 13.7. The molecule has 0 aliphatic carbocycles. The first-order chi connectivity index (χ1) is 9.95. The number of hydrazine groups is 1. The third-order valence-corrected chi connectivity index (χ3v) is 3.63. The molecule has 1 aliphatic heterocycles. The smallest absolute Gasteiger partial charge is 0.270 e. The average Bonchev–Trinajstić information content (AvgIpc) is 2.46. The van der Waals surface area contributed by atoms with E-state index in [0.717, 1.165) is 0 Å². The van der Waals surface area contributed by atoms with Gasteiger partial charge in [-0.15, -0.1) is 0 Å². The fourth-order valence-corrected chi connectivity index (χ4v) is 2.25. The summed E-state index contributed by atoms with van der Waals surface area (Å²) in [6.07, 6.45) is 1.39. The highest BCUT2D eigenvalue weighted by molar-refractivity contribution is 6.00. The van der Waals surface area contributed by atoms with Crippen LogP contribution in [0.25, 0.3) is 0 Å². The highest BCUT2D eigenvalue weighted by Crippen LogP contribution is 2.24. The number of amides is 1. The number of nitrogens with zero attached hydrogens (tertiary/aromatic N) is 1. The Balaban J connectivity index is 2.24. The van der Waals surface area contributed by atoms with Crippen LogP contribution in [0.1, 0.15) is 30.1 Å². The molecule has 0 spiro atoms. The van der Waals surface area contributed by atoms with E-state index in [2.05, 4.69) is 10.7 Å². The molecule has 8 heteroatoms. The van der Waals surface area contributed by atoms with Crippen molar-refractivity contribution in [3.63, 3.8) is 0 Å². The molecule has 2 rings (SSSR count). The van der Waals surface area contributed by atoms with Crippen LogP contribution in [0.4, 0.5) is 11.4 Å². The number of carbonyl (C=O) groups excluding carboxylic acids is 1. The molecule has 1 amide bonds. The van der Waals surface area contributed by atoms with Gasteiger partial charge in [0.25, 0.3) is 11.6 Å². The predicted octanol–water partition coefficient (Wildman–Crippen LogP) is 1.18. The Kier molecular flexibility index (Phi) is 4.39. The summed E-state index contributed by atoms with van der Waals surface area (Å²) in [6, 6.07) is 3.93. The fraction of sp³-hybridized carbons (Fsp3) is 0.462. The van der Waals surface area contributed by atoms with Gasteiger partial charge in [-0.1, -0.05) is 0 Å². The minimum Gasteiger partial charge on any atom is -0.381 e. The summed E-state index contributed by atoms with van der Waals surface area (Å²) in [5.41, 5.74) is 2.34. The number of rotatable bonds is 4. The quantitative estimate of drug-likeness (QED) is 0.436. The SMILES string of the molecule is CC1(NC(=O)c2cc([N+](=O)[O-])ccc2NN)CCOCC1. The van der Waals surface area contributed by atoms with Crippen molar-refractivity contribution in [2.45, 2.75) is 25.3 Å². The lowest BCUT2D eigenvalue weighted by molar-refractivity contribution is -0.384. The molecule has 0 radical (unpaired) electrons. The second-order valence-electron chi connectivity index (χ2n) is 5.26. The highest BCUT2D eigenvalue weighted by atomic mass is 16.6. The third kappa shape index (κ3) is 3.47. The van der Waals surface area contributed by atoms with Crippen molar-refractivity contribution >= 4 is 17.3 Å². The Hall–Kier alpha value is -2.19. The van der Waals surface area contributed by atoms with Crippen LogP contribution in [0.15, 0.2) is 18.2 Å². The lowest BCUT2D eigenvalue weighted by atomic mass is 9.92. The first kappa shape index (κ1) is 15.2. The minimum absolute atomic E-state index is 0.152. The van der Waals surface area contributed by atoms with Crippen LogP contribution in [0, 0.1) is 10.1 Å². The van der Waals surface area contributed by atoms with E-state index in [0.29, 0.717) is 31.7 Å². The first-order valence-corrected chi connectivity index (χ1v) is 6.60. The molecule has 1 heterocycles. The number of carbonyl (C=O) groups is 1. The van der Waals surface area contributed by atoms with Gasteiger partial charge in [0.2, 0.25) is 0 Å². The Morgan fingerprint density at radius 3 is 2.67 bits per heavy atom. The van der Waals surface area contributed by atoms with Crippen LogP contribution in [0.3, 0.4) is 0 Å². The molecular formula is C13H18N4O4. The minimum atomic E-state index is -0.548. The maximum atomic E-state index is 12.4. The summed E-state index contributed by atoms with van der Waals surface area (Å²) in [4.78, 5) is 22.7. The largest absolute Gasteiger partial charge is 0.381 e. The van der Waals surface area contributed by atoms with E-state index in [4.69, 9.17) is 10.6 Å². The Morgan fingerprint density at radius 2 is 2.10 bits per heavy atom. The molecule has 4 N–H and O–H groups in total. The van der Waals surface area contributed by atoms with E-state index in [-0.39, 0.29) is 16.8 Å². The van der Waals surface area contributed by atoms with Crippen LogP contribution < -0.4 is 16.6 Å². The molecule has 1 aromatic rings. The number of hydrogen-bond acceptors (Lipinski definition) is 6. The van der Waals surface area contributed by atoms with Gasteiger partial charge in [0, 0.05) is 30.9 Å². The maximum Gasteiger partial charge on any atom is 0.270 e. The molecule has 1 aromatic carbocycles. The second kappa shape index (κ2) is 6.06. The van der Waals surface area contributed by atoms with E-state index in [1.54, 1.807) is 0 Å².